The lowest BCUT2D eigenvalue weighted by Crippen LogP contribution is -2.40. The molecule has 1 aliphatic rings. The van der Waals surface area contributed by atoms with Gasteiger partial charge >= 0.3 is 5.91 Å². The van der Waals surface area contributed by atoms with E-state index in [1.54, 1.807) is 12.1 Å². The zero-order chi connectivity index (χ0) is 9.80. The van der Waals surface area contributed by atoms with E-state index in [9.17, 15) is 4.79 Å². The van der Waals surface area contributed by atoms with Crippen LogP contribution in [0.5, 0.6) is 0 Å². The molecule has 0 saturated heterocycles. The molecule has 0 unspecified atom stereocenters. The third kappa shape index (κ3) is 1.93. The van der Waals surface area contributed by atoms with Crippen LogP contribution in [0.2, 0.25) is 0 Å². The van der Waals surface area contributed by atoms with Crippen LogP contribution >= 0.6 is 0 Å². The first-order chi connectivity index (χ1) is 6.86. The molecule has 0 atom stereocenters. The molecule has 0 spiro atoms. The van der Waals surface area contributed by atoms with Crippen LogP contribution < -0.4 is 10.9 Å². The Morgan fingerprint density at radius 2 is 2.50 bits per heavy atom. The number of rotatable bonds is 1. The molecule has 0 fully saturated rings. The zero-order valence-corrected chi connectivity index (χ0v) is 7.62. The van der Waals surface area contributed by atoms with E-state index < -0.39 is 0 Å². The first-order valence-electron chi connectivity index (χ1n) is 4.49. The normalized spacial score (nSPS) is 15.0. The van der Waals surface area contributed by atoms with Gasteiger partial charge in [0.15, 0.2) is 5.76 Å². The van der Waals surface area contributed by atoms with Crippen LogP contribution in [0.15, 0.2) is 27.8 Å². The van der Waals surface area contributed by atoms with Crippen LogP contribution in [-0.4, -0.2) is 18.3 Å². The number of hydrogen-bond donors (Lipinski definition) is 2. The van der Waals surface area contributed by atoms with Gasteiger partial charge in [0.05, 0.1) is 6.26 Å². The molecule has 0 aromatic carbocycles. The molecule has 2 N–H and O–H groups in total. The van der Waals surface area contributed by atoms with Gasteiger partial charge in [0.1, 0.15) is 5.84 Å². The van der Waals surface area contributed by atoms with Crippen molar-refractivity contribution < 1.29 is 9.21 Å². The Hall–Kier alpha value is -1.78. The van der Waals surface area contributed by atoms with E-state index in [1.807, 2.05) is 0 Å². The predicted molar refractivity (Wildman–Crippen MR) is 50.8 cm³/mol. The smallest absolute Gasteiger partial charge is 0.305 e. The Balaban J connectivity index is 1.83. The largest absolute Gasteiger partial charge is 0.459 e. The lowest BCUT2D eigenvalue weighted by molar-refractivity contribution is 0.0915. The minimum atomic E-state index is -0.287. The predicted octanol–water partition coefficient (Wildman–Crippen LogP) is 0.706. The van der Waals surface area contributed by atoms with Gasteiger partial charge in [0.25, 0.3) is 0 Å². The van der Waals surface area contributed by atoms with Crippen LogP contribution in [0, 0.1) is 0 Å². The average Bonchev–Trinajstić information content (AvgIpc) is 2.87. The van der Waals surface area contributed by atoms with Gasteiger partial charge in [0.2, 0.25) is 0 Å². The number of amides is 1. The highest BCUT2D eigenvalue weighted by atomic mass is 16.3. The van der Waals surface area contributed by atoms with E-state index in [-0.39, 0.29) is 11.7 Å². The highest BCUT2D eigenvalue weighted by molar-refractivity contribution is 5.93. The van der Waals surface area contributed by atoms with Crippen LogP contribution in [0.4, 0.5) is 0 Å². The molecule has 0 radical (unpaired) electrons. The fourth-order valence-corrected chi connectivity index (χ4v) is 1.24. The van der Waals surface area contributed by atoms with Gasteiger partial charge in [-0.2, -0.15) is 0 Å². The highest BCUT2D eigenvalue weighted by Crippen LogP contribution is 2.01. The fourth-order valence-electron chi connectivity index (χ4n) is 1.24. The summed E-state index contributed by atoms with van der Waals surface area (Å²) in [6.45, 7) is 0.832. The maximum atomic E-state index is 11.3. The average molecular weight is 193 g/mol. The van der Waals surface area contributed by atoms with Gasteiger partial charge in [-0.15, -0.1) is 0 Å². The van der Waals surface area contributed by atoms with Crippen molar-refractivity contribution in [2.45, 2.75) is 12.8 Å². The van der Waals surface area contributed by atoms with Gasteiger partial charge in [0, 0.05) is 13.0 Å². The van der Waals surface area contributed by atoms with Gasteiger partial charge in [-0.1, -0.05) is 0 Å². The Morgan fingerprint density at radius 3 is 3.14 bits per heavy atom. The monoisotopic (exact) mass is 193 g/mol. The first-order valence-corrected chi connectivity index (χ1v) is 4.49. The number of furan rings is 1. The number of amidine groups is 1. The molecule has 5 nitrogen and oxygen atoms in total. The Bertz CT molecular complexity index is 343. The highest BCUT2D eigenvalue weighted by Gasteiger charge is 2.10. The zero-order valence-electron chi connectivity index (χ0n) is 7.62. The molecule has 2 rings (SSSR count). The molecule has 1 aromatic rings. The second-order valence-corrected chi connectivity index (χ2v) is 2.99. The third-order valence-corrected chi connectivity index (χ3v) is 1.94. The summed E-state index contributed by atoms with van der Waals surface area (Å²) < 4.78 is 4.92. The van der Waals surface area contributed by atoms with Gasteiger partial charge in [-0.05, 0) is 18.6 Å². The molecule has 2 heterocycles. The van der Waals surface area contributed by atoms with Crippen molar-refractivity contribution in [3.8, 4) is 0 Å². The summed E-state index contributed by atoms with van der Waals surface area (Å²) in [6, 6.07) is 3.27. The van der Waals surface area contributed by atoms with E-state index in [1.165, 1.54) is 6.26 Å². The van der Waals surface area contributed by atoms with Crippen molar-refractivity contribution in [1.29, 1.82) is 0 Å². The summed E-state index contributed by atoms with van der Waals surface area (Å²) in [5, 5.41) is 0. The van der Waals surface area contributed by atoms with E-state index in [2.05, 4.69) is 15.8 Å². The molecule has 1 aliphatic heterocycles. The summed E-state index contributed by atoms with van der Waals surface area (Å²) in [7, 11) is 0. The molecule has 1 aromatic heterocycles. The lowest BCUT2D eigenvalue weighted by Gasteiger charge is -2.05. The van der Waals surface area contributed by atoms with Gasteiger partial charge in [-0.3, -0.25) is 20.6 Å². The van der Waals surface area contributed by atoms with E-state index >= 15 is 0 Å². The minimum Gasteiger partial charge on any atom is -0.459 e. The lowest BCUT2D eigenvalue weighted by atomic mass is 10.3. The summed E-state index contributed by atoms with van der Waals surface area (Å²) >= 11 is 0. The molecule has 74 valence electrons. The van der Waals surface area contributed by atoms with Crippen LogP contribution in [0.1, 0.15) is 23.4 Å². The van der Waals surface area contributed by atoms with Crippen molar-refractivity contribution in [3.05, 3.63) is 24.2 Å². The third-order valence-electron chi connectivity index (χ3n) is 1.94. The Kier molecular flexibility index (Phi) is 2.48. The molecule has 0 aliphatic carbocycles. The Morgan fingerprint density at radius 1 is 1.57 bits per heavy atom. The van der Waals surface area contributed by atoms with Crippen molar-refractivity contribution in [3.63, 3.8) is 0 Å². The maximum Gasteiger partial charge on any atom is 0.305 e. The van der Waals surface area contributed by atoms with Crippen LogP contribution in [0.3, 0.4) is 0 Å². The quantitative estimate of drug-likeness (QED) is 0.645. The summed E-state index contributed by atoms with van der Waals surface area (Å²) in [6.07, 6.45) is 3.39. The first kappa shape index (κ1) is 8.80. The standard InChI is InChI=1S/C9H11N3O2/c13-9(7-3-2-6-14-7)12-11-8-4-1-5-10-8/h2-3,6H,1,4-5H2,(H,10,11)(H,12,13). The van der Waals surface area contributed by atoms with Crippen molar-refractivity contribution in [2.75, 3.05) is 6.54 Å². The van der Waals surface area contributed by atoms with Crippen LogP contribution in [0.25, 0.3) is 0 Å². The Labute approximate surface area is 81.2 Å². The fraction of sp³-hybridized carbons (Fsp3) is 0.333. The number of aliphatic imine (C=N–C) groups is 1. The summed E-state index contributed by atoms with van der Waals surface area (Å²) in [5.74, 6) is 0.825. The second-order valence-electron chi connectivity index (χ2n) is 2.99. The SMILES string of the molecule is O=C(NNC1=NCCC1)c1ccco1. The summed E-state index contributed by atoms with van der Waals surface area (Å²) in [5.41, 5.74) is 5.27. The van der Waals surface area contributed by atoms with Crippen molar-refractivity contribution in [1.82, 2.24) is 10.9 Å². The van der Waals surface area contributed by atoms with E-state index in [4.69, 9.17) is 4.42 Å². The molecule has 1 amide bonds. The number of hydrogen-bond acceptors (Lipinski definition) is 4. The molecule has 0 saturated carbocycles. The van der Waals surface area contributed by atoms with Gasteiger partial charge in [-0.25, -0.2) is 0 Å². The number of nitrogens with zero attached hydrogens (tertiary/aromatic N) is 1. The number of carbonyl (C=O) groups is 1. The molecular weight excluding hydrogens is 182 g/mol. The maximum absolute atomic E-state index is 11.3. The molecular formula is C9H11N3O2. The van der Waals surface area contributed by atoms with E-state index in [0.29, 0.717) is 0 Å². The van der Waals surface area contributed by atoms with E-state index in [0.717, 1.165) is 25.2 Å². The summed E-state index contributed by atoms with van der Waals surface area (Å²) in [4.78, 5) is 15.5. The topological polar surface area (TPSA) is 66.6 Å². The molecule has 14 heavy (non-hydrogen) atoms. The van der Waals surface area contributed by atoms with Gasteiger partial charge < -0.3 is 4.42 Å². The van der Waals surface area contributed by atoms with Crippen LogP contribution in [-0.2, 0) is 0 Å². The van der Waals surface area contributed by atoms with Crippen molar-refractivity contribution >= 4 is 11.7 Å². The number of hydrazine groups is 1. The van der Waals surface area contributed by atoms with Crippen molar-refractivity contribution in [2.24, 2.45) is 4.99 Å². The second kappa shape index (κ2) is 3.95. The molecule has 0 bridgehead atoms. The number of nitrogens with one attached hydrogen (secondary N) is 2. The molecule has 5 heteroatoms. The number of carbonyl (C=O) groups excluding carboxylic acids is 1. The minimum absolute atomic E-state index is 0.287.